The number of carbonyl (C=O) groups excluding carboxylic acids is 3. The van der Waals surface area contributed by atoms with Crippen LogP contribution in [-0.2, 0) is 22.7 Å². The van der Waals surface area contributed by atoms with Crippen molar-refractivity contribution in [2.75, 3.05) is 5.32 Å². The highest BCUT2D eigenvalue weighted by molar-refractivity contribution is 6.08. The highest BCUT2D eigenvalue weighted by Crippen LogP contribution is 2.19. The van der Waals surface area contributed by atoms with Crippen molar-refractivity contribution in [2.45, 2.75) is 19.3 Å². The SMILES string of the molecule is O=C(NC1NC(=O)c2ncn(Cc3ccccc3)c2NC1=O)OCc1ccccc1. The second-order valence-corrected chi connectivity index (χ2v) is 6.66. The third kappa shape index (κ3) is 4.30. The van der Waals surface area contributed by atoms with Gasteiger partial charge in [-0.25, -0.2) is 9.78 Å². The molecule has 30 heavy (non-hydrogen) atoms. The van der Waals surface area contributed by atoms with Crippen molar-refractivity contribution in [3.63, 3.8) is 0 Å². The summed E-state index contributed by atoms with van der Waals surface area (Å²) >= 11 is 0. The molecule has 3 amide bonds. The van der Waals surface area contributed by atoms with E-state index in [1.165, 1.54) is 6.33 Å². The Bertz CT molecular complexity index is 1070. The monoisotopic (exact) mass is 405 g/mol. The van der Waals surface area contributed by atoms with Crippen LogP contribution in [0.4, 0.5) is 10.6 Å². The summed E-state index contributed by atoms with van der Waals surface area (Å²) in [5, 5.41) is 7.47. The lowest BCUT2D eigenvalue weighted by molar-refractivity contribution is -0.118. The van der Waals surface area contributed by atoms with Gasteiger partial charge in [-0.3, -0.25) is 14.9 Å². The first-order valence-corrected chi connectivity index (χ1v) is 9.28. The van der Waals surface area contributed by atoms with E-state index in [4.69, 9.17) is 4.74 Å². The van der Waals surface area contributed by atoms with Gasteiger partial charge in [0.05, 0.1) is 12.9 Å². The molecule has 3 N–H and O–H groups in total. The molecule has 152 valence electrons. The molecule has 0 saturated heterocycles. The van der Waals surface area contributed by atoms with Crippen LogP contribution < -0.4 is 16.0 Å². The van der Waals surface area contributed by atoms with Crippen molar-refractivity contribution in [2.24, 2.45) is 0 Å². The van der Waals surface area contributed by atoms with E-state index in [1.807, 2.05) is 48.5 Å². The van der Waals surface area contributed by atoms with E-state index < -0.39 is 24.1 Å². The molecule has 1 atom stereocenters. The minimum absolute atomic E-state index is 0.0405. The van der Waals surface area contributed by atoms with Crippen LogP contribution >= 0.6 is 0 Å². The van der Waals surface area contributed by atoms with Crippen molar-refractivity contribution < 1.29 is 19.1 Å². The summed E-state index contributed by atoms with van der Waals surface area (Å²) in [6.07, 6.45) is -0.634. The first-order valence-electron chi connectivity index (χ1n) is 9.28. The molecule has 9 heteroatoms. The van der Waals surface area contributed by atoms with Crippen LogP contribution in [0.5, 0.6) is 0 Å². The number of imidazole rings is 1. The normalized spacial score (nSPS) is 15.4. The average Bonchev–Trinajstić information content (AvgIpc) is 3.10. The van der Waals surface area contributed by atoms with Gasteiger partial charge in [0.1, 0.15) is 12.4 Å². The number of nitrogens with zero attached hydrogens (tertiary/aromatic N) is 2. The van der Waals surface area contributed by atoms with Crippen LogP contribution in [0, 0.1) is 0 Å². The molecule has 0 aliphatic carbocycles. The number of nitrogens with one attached hydrogen (secondary N) is 3. The van der Waals surface area contributed by atoms with Crippen LogP contribution in [-0.4, -0.2) is 33.6 Å². The van der Waals surface area contributed by atoms with Crippen molar-refractivity contribution in [1.82, 2.24) is 20.2 Å². The molecule has 2 heterocycles. The van der Waals surface area contributed by atoms with Crippen molar-refractivity contribution in [1.29, 1.82) is 0 Å². The highest BCUT2D eigenvalue weighted by Gasteiger charge is 2.32. The zero-order chi connectivity index (χ0) is 20.9. The van der Waals surface area contributed by atoms with E-state index in [-0.39, 0.29) is 18.1 Å². The molecule has 1 aliphatic heterocycles. The molecule has 1 unspecified atom stereocenters. The number of anilines is 1. The Morgan fingerprint density at radius 1 is 1.03 bits per heavy atom. The maximum Gasteiger partial charge on any atom is 0.409 e. The molecule has 0 fully saturated rings. The smallest absolute Gasteiger partial charge is 0.409 e. The second kappa shape index (κ2) is 8.48. The van der Waals surface area contributed by atoms with Gasteiger partial charge in [0.2, 0.25) is 0 Å². The standard InChI is InChI=1S/C21H19N5O4/c27-19-16-18(26(13-22-16)11-14-7-3-1-4-8-14)25-20(28)17(23-19)24-21(29)30-12-15-9-5-2-6-10-15/h1-10,13,17H,11-12H2,(H,23,27)(H,24,29)(H,25,28). The fraction of sp³-hybridized carbons (Fsp3) is 0.143. The van der Waals surface area contributed by atoms with Crippen LogP contribution in [0.1, 0.15) is 21.6 Å². The number of amides is 3. The van der Waals surface area contributed by atoms with Gasteiger partial charge in [-0.1, -0.05) is 60.7 Å². The first kappa shape index (κ1) is 19.2. The minimum Gasteiger partial charge on any atom is -0.445 e. The van der Waals surface area contributed by atoms with Gasteiger partial charge in [-0.15, -0.1) is 0 Å². The Morgan fingerprint density at radius 3 is 2.40 bits per heavy atom. The van der Waals surface area contributed by atoms with E-state index >= 15 is 0 Å². The van der Waals surface area contributed by atoms with Crippen molar-refractivity contribution in [3.8, 4) is 0 Å². The summed E-state index contributed by atoms with van der Waals surface area (Å²) in [5.41, 5.74) is 1.85. The minimum atomic E-state index is -1.29. The third-order valence-electron chi connectivity index (χ3n) is 4.50. The molecule has 4 rings (SSSR count). The van der Waals surface area contributed by atoms with Gasteiger partial charge >= 0.3 is 6.09 Å². The summed E-state index contributed by atoms with van der Waals surface area (Å²) in [6.45, 7) is 0.465. The fourth-order valence-corrected chi connectivity index (χ4v) is 3.02. The number of alkyl carbamates (subject to hydrolysis) is 1. The van der Waals surface area contributed by atoms with Crippen LogP contribution in [0.15, 0.2) is 67.0 Å². The molecule has 3 aromatic rings. The number of ether oxygens (including phenoxy) is 1. The van der Waals surface area contributed by atoms with Gasteiger partial charge < -0.3 is 19.9 Å². The van der Waals surface area contributed by atoms with Crippen LogP contribution in [0.2, 0.25) is 0 Å². The summed E-state index contributed by atoms with van der Waals surface area (Å²) in [7, 11) is 0. The lowest BCUT2D eigenvalue weighted by atomic mass is 10.2. The van der Waals surface area contributed by atoms with E-state index in [1.54, 1.807) is 16.7 Å². The first-order chi connectivity index (χ1) is 14.6. The summed E-state index contributed by atoms with van der Waals surface area (Å²) in [6, 6.07) is 18.7. The van der Waals surface area contributed by atoms with E-state index in [9.17, 15) is 14.4 Å². The van der Waals surface area contributed by atoms with Gasteiger partial charge in [0, 0.05) is 0 Å². The summed E-state index contributed by atoms with van der Waals surface area (Å²) < 4.78 is 6.78. The number of hydrogen-bond donors (Lipinski definition) is 3. The van der Waals surface area contributed by atoms with E-state index in [0.717, 1.165) is 11.1 Å². The predicted molar refractivity (Wildman–Crippen MR) is 107 cm³/mol. The summed E-state index contributed by atoms with van der Waals surface area (Å²) in [5.74, 6) is -0.916. The number of carbonyl (C=O) groups is 3. The van der Waals surface area contributed by atoms with E-state index in [0.29, 0.717) is 6.54 Å². The molecular weight excluding hydrogens is 386 g/mol. The maximum atomic E-state index is 12.6. The number of rotatable bonds is 5. The van der Waals surface area contributed by atoms with Crippen molar-refractivity contribution >= 4 is 23.7 Å². The van der Waals surface area contributed by atoms with E-state index in [2.05, 4.69) is 20.9 Å². The lowest BCUT2D eigenvalue weighted by Gasteiger charge is -2.16. The lowest BCUT2D eigenvalue weighted by Crippen LogP contribution is -2.53. The largest absolute Gasteiger partial charge is 0.445 e. The third-order valence-corrected chi connectivity index (χ3v) is 4.50. The van der Waals surface area contributed by atoms with Crippen molar-refractivity contribution in [3.05, 3.63) is 83.8 Å². The molecule has 0 bridgehead atoms. The molecule has 0 spiro atoms. The number of hydrogen-bond acceptors (Lipinski definition) is 5. The zero-order valence-electron chi connectivity index (χ0n) is 15.9. The van der Waals surface area contributed by atoms with Gasteiger partial charge in [-0.05, 0) is 11.1 Å². The maximum absolute atomic E-state index is 12.6. The second-order valence-electron chi connectivity index (χ2n) is 6.66. The van der Waals surface area contributed by atoms with Gasteiger partial charge in [0.25, 0.3) is 11.8 Å². The quantitative estimate of drug-likeness (QED) is 0.600. The van der Waals surface area contributed by atoms with Crippen LogP contribution in [0.3, 0.4) is 0 Å². The van der Waals surface area contributed by atoms with Crippen LogP contribution in [0.25, 0.3) is 0 Å². The molecule has 0 radical (unpaired) electrons. The molecule has 1 aromatic heterocycles. The molecule has 0 saturated carbocycles. The Morgan fingerprint density at radius 2 is 1.70 bits per heavy atom. The molecule has 1 aliphatic rings. The topological polar surface area (TPSA) is 114 Å². The Balaban J connectivity index is 1.42. The molecule has 2 aromatic carbocycles. The predicted octanol–water partition coefficient (Wildman–Crippen LogP) is 1.87. The van der Waals surface area contributed by atoms with Gasteiger partial charge in [-0.2, -0.15) is 0 Å². The number of aromatic nitrogens is 2. The average molecular weight is 405 g/mol. The number of benzene rings is 2. The summed E-state index contributed by atoms with van der Waals surface area (Å²) in [4.78, 5) is 41.3. The molecular formula is C21H19N5O4. The fourth-order valence-electron chi connectivity index (χ4n) is 3.02. The Hall–Kier alpha value is -4.14. The highest BCUT2D eigenvalue weighted by atomic mass is 16.5. The zero-order valence-corrected chi connectivity index (χ0v) is 15.9. The Kier molecular flexibility index (Phi) is 5.42. The van der Waals surface area contributed by atoms with Gasteiger partial charge in [0.15, 0.2) is 11.9 Å². The molecule has 9 nitrogen and oxygen atoms in total. The number of fused-ring (bicyclic) bond motifs is 1. The Labute approximate surface area is 172 Å².